The van der Waals surface area contributed by atoms with Gasteiger partial charge in [-0.1, -0.05) is 30.9 Å². The molecule has 1 heterocycles. The number of ether oxygens (including phenoxy) is 1. The molecule has 1 aromatic carbocycles. The Labute approximate surface area is 203 Å². The topological polar surface area (TPSA) is 49.8 Å². The smallest absolute Gasteiger partial charge is 0.137 e. The molecule has 0 unspecified atom stereocenters. The summed E-state index contributed by atoms with van der Waals surface area (Å²) >= 11 is 0. The number of carbonyl (C=O) groups is 1. The van der Waals surface area contributed by atoms with E-state index in [4.69, 9.17) is 4.74 Å². The lowest BCUT2D eigenvalue weighted by Crippen LogP contribution is -2.53. The number of anilines is 1. The molecule has 0 amide bonds. The van der Waals surface area contributed by atoms with Crippen LogP contribution in [0.4, 0.5) is 5.69 Å². The van der Waals surface area contributed by atoms with E-state index >= 15 is 0 Å². The molecule has 0 spiro atoms. The van der Waals surface area contributed by atoms with Crippen molar-refractivity contribution >= 4 is 11.5 Å². The van der Waals surface area contributed by atoms with Crippen LogP contribution < -0.4 is 4.90 Å². The van der Waals surface area contributed by atoms with Gasteiger partial charge in [-0.2, -0.15) is 0 Å². The summed E-state index contributed by atoms with van der Waals surface area (Å²) in [6, 6.07) is 8.85. The highest BCUT2D eigenvalue weighted by Gasteiger charge is 2.63. The minimum atomic E-state index is -0.978. The van der Waals surface area contributed by atoms with Crippen molar-refractivity contribution in [3.05, 3.63) is 52.8 Å². The first kappa shape index (κ1) is 22.0. The van der Waals surface area contributed by atoms with Gasteiger partial charge in [0.25, 0.3) is 0 Å². The summed E-state index contributed by atoms with van der Waals surface area (Å²) in [4.78, 5) is 14.3. The minimum absolute atomic E-state index is 0.0547. The average molecular weight is 458 g/mol. The van der Waals surface area contributed by atoms with Crippen molar-refractivity contribution in [1.29, 1.82) is 0 Å². The third-order valence-corrected chi connectivity index (χ3v) is 9.26. The van der Waals surface area contributed by atoms with E-state index in [-0.39, 0.29) is 23.4 Å². The SMILES string of the molecule is CN(C)c1ccc([C@H]2C[C@@]3(C)[C@@H](CC[C@@]3(O)C#CC3CC3)[C@@H]3OC=C4CC(=O)CCC4=C32)cc1. The predicted octanol–water partition coefficient (Wildman–Crippen LogP) is 5.13. The number of ketones is 1. The van der Waals surface area contributed by atoms with Crippen LogP contribution in [0, 0.1) is 29.1 Å². The molecule has 5 atom stereocenters. The van der Waals surface area contributed by atoms with Gasteiger partial charge in [0.1, 0.15) is 17.5 Å². The van der Waals surface area contributed by atoms with Crippen LogP contribution in [0.15, 0.2) is 47.2 Å². The number of aliphatic hydroxyl groups is 1. The first-order chi connectivity index (χ1) is 16.3. The minimum Gasteiger partial charge on any atom is -0.493 e. The van der Waals surface area contributed by atoms with E-state index in [1.54, 1.807) is 0 Å². The van der Waals surface area contributed by atoms with Crippen LogP contribution in [0.3, 0.4) is 0 Å². The summed E-state index contributed by atoms with van der Waals surface area (Å²) in [5.74, 6) is 7.92. The molecule has 4 fully saturated rings. The quantitative estimate of drug-likeness (QED) is 0.626. The second-order valence-electron chi connectivity index (χ2n) is 11.6. The van der Waals surface area contributed by atoms with Crippen molar-refractivity contribution in [3.63, 3.8) is 0 Å². The maximum Gasteiger partial charge on any atom is 0.137 e. The number of nitrogens with zero attached hydrogens (tertiary/aromatic N) is 1. The fraction of sp³-hybridized carbons (Fsp3) is 0.567. The highest BCUT2D eigenvalue weighted by Crippen LogP contribution is 2.64. The number of hydrogen-bond acceptors (Lipinski definition) is 4. The Hall–Kier alpha value is -2.51. The van der Waals surface area contributed by atoms with E-state index in [2.05, 4.69) is 62.0 Å². The number of benzene rings is 1. The summed E-state index contributed by atoms with van der Waals surface area (Å²) in [6.45, 7) is 2.25. The maximum atomic E-state index is 12.2. The number of fused-ring (bicyclic) bond motifs is 4. The summed E-state index contributed by atoms with van der Waals surface area (Å²) in [5.41, 5.74) is 4.91. The predicted molar refractivity (Wildman–Crippen MR) is 133 cm³/mol. The Bertz CT molecular complexity index is 1150. The van der Waals surface area contributed by atoms with Crippen LogP contribution >= 0.6 is 0 Å². The van der Waals surface area contributed by atoms with E-state index in [9.17, 15) is 9.90 Å². The van der Waals surface area contributed by atoms with Crippen LogP contribution in [0.1, 0.15) is 69.8 Å². The fourth-order valence-corrected chi connectivity index (χ4v) is 6.97. The first-order valence-electron chi connectivity index (χ1n) is 12.9. The summed E-state index contributed by atoms with van der Waals surface area (Å²) in [6.07, 6.45) is 8.53. The molecule has 4 saturated carbocycles. The standard InChI is InChI=1S/C30H35NO3/c1-29-17-25(20-6-8-22(9-7-20)31(2)3)27-24-11-10-23(32)16-21(24)18-34-28(27)26(29)13-15-30(29,33)14-12-19-4-5-19/h6-9,18-19,25-26,28,33H,4-5,10-11,13,15-17H2,1-3H3/t25-,26+,28+,29+,30+/m1/s1. The Morgan fingerprint density at radius 1 is 1.12 bits per heavy atom. The van der Waals surface area contributed by atoms with Gasteiger partial charge in [0.15, 0.2) is 0 Å². The zero-order chi connectivity index (χ0) is 23.7. The van der Waals surface area contributed by atoms with Crippen LogP contribution in [0.2, 0.25) is 0 Å². The highest BCUT2D eigenvalue weighted by atomic mass is 16.5. The number of Topliss-reactive ketones (excluding diaryl/α,β-unsaturated/α-hetero) is 1. The van der Waals surface area contributed by atoms with E-state index in [1.807, 2.05) is 6.26 Å². The summed E-state index contributed by atoms with van der Waals surface area (Å²) < 4.78 is 6.48. The molecule has 4 heteroatoms. The van der Waals surface area contributed by atoms with Crippen molar-refractivity contribution in [1.82, 2.24) is 0 Å². The zero-order valence-corrected chi connectivity index (χ0v) is 20.6. The third-order valence-electron chi connectivity index (χ3n) is 9.26. The van der Waals surface area contributed by atoms with E-state index < -0.39 is 5.60 Å². The molecule has 0 saturated heterocycles. The average Bonchev–Trinajstić information content (AvgIpc) is 3.62. The number of rotatable bonds is 2. The van der Waals surface area contributed by atoms with Crippen LogP contribution in [0.5, 0.6) is 0 Å². The third kappa shape index (κ3) is 3.35. The molecule has 5 aliphatic rings. The molecule has 6 rings (SSSR count). The second kappa shape index (κ2) is 7.75. The van der Waals surface area contributed by atoms with E-state index in [0.717, 1.165) is 24.8 Å². The summed E-state index contributed by atoms with van der Waals surface area (Å²) in [5, 5.41) is 11.9. The van der Waals surface area contributed by atoms with Crippen molar-refractivity contribution in [2.45, 2.75) is 75.9 Å². The summed E-state index contributed by atoms with van der Waals surface area (Å²) in [7, 11) is 4.12. The Balaban J connectivity index is 1.46. The Kier molecular flexibility index (Phi) is 5.01. The van der Waals surface area contributed by atoms with Crippen molar-refractivity contribution in [2.75, 3.05) is 19.0 Å². The number of allylic oxidation sites excluding steroid dienone is 2. The molecule has 178 valence electrons. The van der Waals surface area contributed by atoms with Gasteiger partial charge in [-0.25, -0.2) is 0 Å². The van der Waals surface area contributed by atoms with Gasteiger partial charge in [-0.05, 0) is 72.9 Å². The lowest BCUT2D eigenvalue weighted by Gasteiger charge is -2.52. The largest absolute Gasteiger partial charge is 0.493 e. The lowest BCUT2D eigenvalue weighted by molar-refractivity contribution is -0.119. The molecule has 0 radical (unpaired) electrons. The van der Waals surface area contributed by atoms with Crippen LogP contribution in [-0.4, -0.2) is 36.7 Å². The molecule has 1 aromatic rings. The molecular weight excluding hydrogens is 422 g/mol. The van der Waals surface area contributed by atoms with Crippen LogP contribution in [0.25, 0.3) is 0 Å². The normalized spacial score (nSPS) is 36.4. The van der Waals surface area contributed by atoms with Gasteiger partial charge in [-0.15, -0.1) is 0 Å². The van der Waals surface area contributed by atoms with E-state index in [0.29, 0.717) is 31.0 Å². The fourth-order valence-electron chi connectivity index (χ4n) is 6.97. The van der Waals surface area contributed by atoms with Gasteiger partial charge in [0.05, 0.1) is 6.26 Å². The molecule has 1 aliphatic heterocycles. The molecule has 34 heavy (non-hydrogen) atoms. The second-order valence-corrected chi connectivity index (χ2v) is 11.6. The Morgan fingerprint density at radius 3 is 2.59 bits per heavy atom. The van der Waals surface area contributed by atoms with Crippen molar-refractivity contribution < 1.29 is 14.6 Å². The van der Waals surface area contributed by atoms with Crippen molar-refractivity contribution in [3.8, 4) is 11.8 Å². The number of carbonyl (C=O) groups excluding carboxylic acids is 1. The molecule has 0 bridgehead atoms. The highest BCUT2D eigenvalue weighted by molar-refractivity contribution is 5.84. The zero-order valence-electron chi connectivity index (χ0n) is 20.6. The van der Waals surface area contributed by atoms with Gasteiger partial charge in [0, 0.05) is 55.8 Å². The molecule has 1 N–H and O–H groups in total. The first-order valence-corrected chi connectivity index (χ1v) is 12.9. The number of hydrogen-bond donors (Lipinski definition) is 1. The van der Waals surface area contributed by atoms with Crippen LogP contribution in [-0.2, 0) is 9.53 Å². The van der Waals surface area contributed by atoms with Gasteiger partial charge < -0.3 is 14.7 Å². The lowest BCUT2D eigenvalue weighted by atomic mass is 9.55. The molecule has 0 aromatic heterocycles. The van der Waals surface area contributed by atoms with E-state index in [1.165, 1.54) is 35.2 Å². The van der Waals surface area contributed by atoms with Gasteiger partial charge >= 0.3 is 0 Å². The van der Waals surface area contributed by atoms with Gasteiger partial charge in [0.2, 0.25) is 0 Å². The maximum absolute atomic E-state index is 12.2. The van der Waals surface area contributed by atoms with Gasteiger partial charge in [-0.3, -0.25) is 4.79 Å². The van der Waals surface area contributed by atoms with Crippen molar-refractivity contribution in [2.24, 2.45) is 17.3 Å². The molecule has 4 aliphatic carbocycles. The molecule has 4 nitrogen and oxygen atoms in total. The molecular formula is C30H35NO3. The monoisotopic (exact) mass is 457 g/mol. The Morgan fingerprint density at radius 2 is 1.88 bits per heavy atom.